The van der Waals surface area contributed by atoms with Gasteiger partial charge in [0.25, 0.3) is 0 Å². The molecule has 0 aromatic heterocycles. The van der Waals surface area contributed by atoms with E-state index in [9.17, 15) is 0 Å². The van der Waals surface area contributed by atoms with Crippen LogP contribution in [0.1, 0.15) is 31.1 Å². The number of aliphatic hydroxyl groups is 1. The van der Waals surface area contributed by atoms with Gasteiger partial charge in [0.15, 0.2) is 0 Å². The van der Waals surface area contributed by atoms with Gasteiger partial charge in [0.05, 0.1) is 12.7 Å². The van der Waals surface area contributed by atoms with Crippen LogP contribution in [0.2, 0.25) is 0 Å². The van der Waals surface area contributed by atoms with E-state index in [1.807, 2.05) is 6.92 Å². The average molecular weight is 249 g/mol. The first kappa shape index (κ1) is 13.5. The van der Waals surface area contributed by atoms with Crippen molar-refractivity contribution in [2.75, 3.05) is 19.8 Å². The quantitative estimate of drug-likeness (QED) is 0.837. The predicted octanol–water partition coefficient (Wildman–Crippen LogP) is 1.91. The first-order valence-corrected chi connectivity index (χ1v) is 6.76. The number of rotatable bonds is 5. The maximum Gasteiger partial charge on any atom is 0.0952 e. The van der Waals surface area contributed by atoms with E-state index in [1.54, 1.807) is 0 Å². The second-order valence-electron chi connectivity index (χ2n) is 5.17. The molecule has 0 aliphatic carbocycles. The smallest absolute Gasteiger partial charge is 0.0952 e. The molecule has 0 radical (unpaired) electrons. The minimum absolute atomic E-state index is 0.142. The van der Waals surface area contributed by atoms with E-state index >= 15 is 0 Å². The molecule has 0 saturated carbocycles. The highest BCUT2D eigenvalue weighted by Gasteiger charge is 2.21. The molecule has 0 saturated heterocycles. The normalized spacial score (nSPS) is 22.3. The first-order chi connectivity index (χ1) is 8.72. The van der Waals surface area contributed by atoms with Crippen LogP contribution in [-0.2, 0) is 11.2 Å². The Morgan fingerprint density at radius 2 is 2.17 bits per heavy atom. The van der Waals surface area contributed by atoms with Crippen molar-refractivity contribution < 1.29 is 9.84 Å². The van der Waals surface area contributed by atoms with E-state index in [0.717, 1.165) is 19.6 Å². The van der Waals surface area contributed by atoms with Crippen LogP contribution in [0.15, 0.2) is 24.3 Å². The summed E-state index contributed by atoms with van der Waals surface area (Å²) < 4.78 is 5.84. The second-order valence-corrected chi connectivity index (χ2v) is 5.17. The minimum atomic E-state index is 0.142. The van der Waals surface area contributed by atoms with Crippen LogP contribution in [-0.4, -0.2) is 30.9 Å². The number of benzene rings is 1. The Hall–Kier alpha value is -0.900. The van der Waals surface area contributed by atoms with Gasteiger partial charge >= 0.3 is 0 Å². The van der Waals surface area contributed by atoms with Gasteiger partial charge in [-0.1, -0.05) is 31.2 Å². The summed E-state index contributed by atoms with van der Waals surface area (Å²) >= 11 is 0. The molecule has 0 spiro atoms. The number of hydrogen-bond donors (Lipinski definition) is 2. The Labute approximate surface area is 109 Å². The summed E-state index contributed by atoms with van der Waals surface area (Å²) in [7, 11) is 0. The van der Waals surface area contributed by atoms with Gasteiger partial charge in [-0.25, -0.2) is 0 Å². The molecule has 3 nitrogen and oxygen atoms in total. The van der Waals surface area contributed by atoms with Gasteiger partial charge in [0.1, 0.15) is 0 Å². The molecule has 1 aromatic rings. The Morgan fingerprint density at radius 1 is 1.39 bits per heavy atom. The van der Waals surface area contributed by atoms with Crippen LogP contribution < -0.4 is 5.32 Å². The van der Waals surface area contributed by atoms with Crippen molar-refractivity contribution in [2.45, 2.75) is 32.4 Å². The molecule has 2 N–H and O–H groups in total. The summed E-state index contributed by atoms with van der Waals surface area (Å²) in [4.78, 5) is 0. The molecule has 1 aliphatic heterocycles. The van der Waals surface area contributed by atoms with E-state index in [1.165, 1.54) is 11.1 Å². The molecule has 18 heavy (non-hydrogen) atoms. The molecular formula is C15H23NO2. The molecule has 1 aromatic carbocycles. The van der Waals surface area contributed by atoms with Crippen molar-refractivity contribution in [1.82, 2.24) is 5.32 Å². The summed E-state index contributed by atoms with van der Waals surface area (Å²) in [6.07, 6.45) is 1.15. The third kappa shape index (κ3) is 3.10. The number of fused-ring (bicyclic) bond motifs is 1. The molecule has 3 atom stereocenters. The van der Waals surface area contributed by atoms with Gasteiger partial charge in [0.2, 0.25) is 0 Å². The standard InChI is InChI=1S/C15H23NO2/c1-11(10-17)12(2)16-9-15-14-6-4-3-5-13(14)7-8-18-15/h3-6,11-12,15-17H,7-10H2,1-2H3. The van der Waals surface area contributed by atoms with Gasteiger partial charge < -0.3 is 15.2 Å². The van der Waals surface area contributed by atoms with Crippen molar-refractivity contribution in [3.8, 4) is 0 Å². The van der Waals surface area contributed by atoms with Crippen LogP contribution in [0.5, 0.6) is 0 Å². The summed E-state index contributed by atoms with van der Waals surface area (Å²) in [6.45, 7) is 5.98. The van der Waals surface area contributed by atoms with E-state index in [-0.39, 0.29) is 18.6 Å². The number of hydrogen-bond acceptors (Lipinski definition) is 3. The van der Waals surface area contributed by atoms with Crippen LogP contribution in [0.25, 0.3) is 0 Å². The lowest BCUT2D eigenvalue weighted by Crippen LogP contribution is -2.38. The molecule has 3 unspecified atom stereocenters. The van der Waals surface area contributed by atoms with E-state index < -0.39 is 0 Å². The molecular weight excluding hydrogens is 226 g/mol. The second kappa shape index (κ2) is 6.32. The van der Waals surface area contributed by atoms with Crippen molar-refractivity contribution >= 4 is 0 Å². The predicted molar refractivity (Wildman–Crippen MR) is 72.6 cm³/mol. The number of ether oxygens (including phenoxy) is 1. The highest BCUT2D eigenvalue weighted by Crippen LogP contribution is 2.26. The van der Waals surface area contributed by atoms with Gasteiger partial charge in [-0.15, -0.1) is 0 Å². The van der Waals surface area contributed by atoms with Gasteiger partial charge in [-0.05, 0) is 30.4 Å². The lowest BCUT2D eigenvalue weighted by molar-refractivity contribution is 0.0389. The summed E-state index contributed by atoms with van der Waals surface area (Å²) in [5.41, 5.74) is 2.71. The monoisotopic (exact) mass is 249 g/mol. The van der Waals surface area contributed by atoms with E-state index in [2.05, 4.69) is 36.5 Å². The fourth-order valence-corrected chi connectivity index (χ4v) is 2.30. The minimum Gasteiger partial charge on any atom is -0.396 e. The molecule has 0 fully saturated rings. The van der Waals surface area contributed by atoms with Gasteiger partial charge in [-0.3, -0.25) is 0 Å². The van der Waals surface area contributed by atoms with Crippen molar-refractivity contribution in [3.63, 3.8) is 0 Å². The summed E-state index contributed by atoms with van der Waals surface area (Å²) in [5, 5.41) is 12.6. The Balaban J connectivity index is 1.95. The molecule has 2 rings (SSSR count). The van der Waals surface area contributed by atoms with Gasteiger partial charge in [-0.2, -0.15) is 0 Å². The maximum absolute atomic E-state index is 9.13. The molecule has 0 amide bonds. The molecule has 0 bridgehead atoms. The van der Waals surface area contributed by atoms with Crippen LogP contribution in [0.3, 0.4) is 0 Å². The zero-order valence-electron chi connectivity index (χ0n) is 11.2. The third-order valence-electron chi connectivity index (χ3n) is 3.86. The summed E-state index contributed by atoms with van der Waals surface area (Å²) in [6, 6.07) is 8.80. The van der Waals surface area contributed by atoms with E-state index in [4.69, 9.17) is 9.84 Å². The SMILES string of the molecule is CC(CO)C(C)NCC1OCCc2ccccc21. The molecule has 1 heterocycles. The Morgan fingerprint density at radius 3 is 2.94 bits per heavy atom. The molecule has 100 valence electrons. The highest BCUT2D eigenvalue weighted by atomic mass is 16.5. The highest BCUT2D eigenvalue weighted by molar-refractivity contribution is 5.31. The van der Waals surface area contributed by atoms with Crippen LogP contribution in [0.4, 0.5) is 0 Å². The van der Waals surface area contributed by atoms with Gasteiger partial charge in [0, 0.05) is 19.2 Å². The fraction of sp³-hybridized carbons (Fsp3) is 0.600. The number of nitrogens with one attached hydrogen (secondary N) is 1. The lowest BCUT2D eigenvalue weighted by atomic mass is 9.97. The molecule has 1 aliphatic rings. The van der Waals surface area contributed by atoms with Crippen molar-refractivity contribution in [3.05, 3.63) is 35.4 Å². The van der Waals surface area contributed by atoms with Crippen molar-refractivity contribution in [2.24, 2.45) is 5.92 Å². The van der Waals surface area contributed by atoms with Crippen LogP contribution >= 0.6 is 0 Å². The third-order valence-corrected chi connectivity index (χ3v) is 3.86. The number of aliphatic hydroxyl groups excluding tert-OH is 1. The first-order valence-electron chi connectivity index (χ1n) is 6.76. The topological polar surface area (TPSA) is 41.5 Å². The Kier molecular flexibility index (Phi) is 4.75. The van der Waals surface area contributed by atoms with E-state index in [0.29, 0.717) is 6.04 Å². The zero-order chi connectivity index (χ0) is 13.0. The largest absolute Gasteiger partial charge is 0.396 e. The van der Waals surface area contributed by atoms with Crippen LogP contribution in [0, 0.1) is 5.92 Å². The zero-order valence-corrected chi connectivity index (χ0v) is 11.2. The lowest BCUT2D eigenvalue weighted by Gasteiger charge is -2.28. The average Bonchev–Trinajstić information content (AvgIpc) is 2.43. The fourth-order valence-electron chi connectivity index (χ4n) is 2.30. The maximum atomic E-state index is 9.13. The summed E-state index contributed by atoms with van der Waals surface area (Å²) in [5.74, 6) is 0.267. The Bertz CT molecular complexity index is 381. The molecule has 3 heteroatoms. The van der Waals surface area contributed by atoms with Crippen molar-refractivity contribution in [1.29, 1.82) is 0 Å².